The van der Waals surface area contributed by atoms with Crippen LogP contribution in [0.4, 0.5) is 0 Å². The number of aromatic nitrogens is 1. The van der Waals surface area contributed by atoms with Gasteiger partial charge in [0.1, 0.15) is 0 Å². The van der Waals surface area contributed by atoms with Gasteiger partial charge < -0.3 is 4.74 Å². The third kappa shape index (κ3) is 2.94. The molecule has 1 aromatic rings. The molecule has 0 bridgehead atoms. The summed E-state index contributed by atoms with van der Waals surface area (Å²) in [6.07, 6.45) is 2.32. The number of hydrogen-bond acceptors (Lipinski definition) is 4. The summed E-state index contributed by atoms with van der Waals surface area (Å²) in [5, 5.41) is 0. The second kappa shape index (κ2) is 6.02. The van der Waals surface area contributed by atoms with Gasteiger partial charge in [0.2, 0.25) is 5.88 Å². The third-order valence-electron chi connectivity index (χ3n) is 2.05. The summed E-state index contributed by atoms with van der Waals surface area (Å²) >= 11 is 0. The van der Waals surface area contributed by atoms with Crippen molar-refractivity contribution in [2.45, 2.75) is 19.4 Å². The second-order valence-electron chi connectivity index (χ2n) is 2.95. The highest BCUT2D eigenvalue weighted by atomic mass is 16.5. The molecule has 1 rings (SSSR count). The Kier molecular flexibility index (Phi) is 4.61. The molecular formula is C11H15N3O. The van der Waals surface area contributed by atoms with Crippen LogP contribution in [0.25, 0.3) is 0 Å². The number of hydrazine groups is 1. The normalized spacial score (nSPS) is 11.4. The van der Waals surface area contributed by atoms with Gasteiger partial charge in [0, 0.05) is 18.2 Å². The molecule has 0 aromatic carbocycles. The van der Waals surface area contributed by atoms with Crippen LogP contribution in [-0.4, -0.2) is 12.1 Å². The minimum atomic E-state index is -0.0545. The molecule has 1 atom stereocenters. The molecule has 1 aromatic heterocycles. The van der Waals surface area contributed by atoms with Crippen molar-refractivity contribution in [1.29, 1.82) is 0 Å². The van der Waals surface area contributed by atoms with E-state index in [1.165, 1.54) is 0 Å². The van der Waals surface area contributed by atoms with Gasteiger partial charge in [-0.3, -0.25) is 11.3 Å². The van der Waals surface area contributed by atoms with Gasteiger partial charge in [-0.15, -0.1) is 11.8 Å². The number of pyridine rings is 1. The molecule has 0 saturated carbocycles. The molecule has 0 aliphatic rings. The lowest BCUT2D eigenvalue weighted by molar-refractivity contribution is 0.383. The van der Waals surface area contributed by atoms with Gasteiger partial charge in [-0.05, 0) is 13.0 Å². The van der Waals surface area contributed by atoms with Crippen LogP contribution < -0.4 is 16.0 Å². The van der Waals surface area contributed by atoms with Gasteiger partial charge in [-0.2, -0.15) is 0 Å². The fraction of sp³-hybridized carbons (Fsp3) is 0.364. The first kappa shape index (κ1) is 11.5. The van der Waals surface area contributed by atoms with Crippen molar-refractivity contribution in [3.63, 3.8) is 0 Å². The molecule has 0 aliphatic heterocycles. The average molecular weight is 205 g/mol. The fourth-order valence-electron chi connectivity index (χ4n) is 1.30. The van der Waals surface area contributed by atoms with Crippen molar-refractivity contribution in [3.8, 4) is 17.7 Å². The van der Waals surface area contributed by atoms with Gasteiger partial charge in [0.15, 0.2) is 0 Å². The predicted octanol–water partition coefficient (Wildman–Crippen LogP) is 1.01. The summed E-state index contributed by atoms with van der Waals surface area (Å²) in [6, 6.07) is 3.72. The largest absolute Gasteiger partial charge is 0.481 e. The monoisotopic (exact) mass is 205 g/mol. The van der Waals surface area contributed by atoms with Crippen LogP contribution in [0.1, 0.15) is 24.9 Å². The molecule has 3 N–H and O–H groups in total. The van der Waals surface area contributed by atoms with Crippen LogP contribution in [-0.2, 0) is 0 Å². The Morgan fingerprint density at radius 2 is 2.47 bits per heavy atom. The molecule has 4 heteroatoms. The predicted molar refractivity (Wildman–Crippen MR) is 58.9 cm³/mol. The van der Waals surface area contributed by atoms with Crippen molar-refractivity contribution in [2.24, 2.45) is 5.84 Å². The van der Waals surface area contributed by atoms with Crippen molar-refractivity contribution in [3.05, 3.63) is 23.9 Å². The number of nitrogens with one attached hydrogen (secondary N) is 1. The maximum absolute atomic E-state index is 5.47. The van der Waals surface area contributed by atoms with E-state index in [0.29, 0.717) is 12.3 Å². The van der Waals surface area contributed by atoms with Gasteiger partial charge in [0.05, 0.1) is 13.2 Å². The molecule has 80 valence electrons. The Labute approximate surface area is 89.8 Å². The highest BCUT2D eigenvalue weighted by Gasteiger charge is 2.13. The molecule has 1 heterocycles. The fourth-order valence-corrected chi connectivity index (χ4v) is 1.30. The van der Waals surface area contributed by atoms with Crippen molar-refractivity contribution < 1.29 is 4.74 Å². The van der Waals surface area contributed by atoms with E-state index in [1.807, 2.05) is 12.1 Å². The number of ether oxygens (including phenoxy) is 1. The molecule has 0 saturated heterocycles. The quantitative estimate of drug-likeness (QED) is 0.437. The first-order chi connectivity index (χ1) is 7.33. The van der Waals surface area contributed by atoms with Crippen LogP contribution in [0.15, 0.2) is 18.3 Å². The third-order valence-corrected chi connectivity index (χ3v) is 2.05. The number of nitrogens with two attached hydrogens (primary N) is 1. The molecular weight excluding hydrogens is 190 g/mol. The highest BCUT2D eigenvalue weighted by Crippen LogP contribution is 2.23. The first-order valence-electron chi connectivity index (χ1n) is 4.68. The van der Waals surface area contributed by atoms with Crippen LogP contribution in [0.3, 0.4) is 0 Å². The minimum absolute atomic E-state index is 0.0545. The number of rotatable bonds is 4. The van der Waals surface area contributed by atoms with E-state index in [0.717, 1.165) is 5.56 Å². The summed E-state index contributed by atoms with van der Waals surface area (Å²) in [6.45, 7) is 1.80. The molecule has 4 nitrogen and oxygen atoms in total. The smallest absolute Gasteiger partial charge is 0.217 e. The van der Waals surface area contributed by atoms with Crippen LogP contribution in [0.2, 0.25) is 0 Å². The average Bonchev–Trinajstić information content (AvgIpc) is 2.30. The molecule has 0 radical (unpaired) electrons. The summed E-state index contributed by atoms with van der Waals surface area (Å²) in [7, 11) is 1.59. The van der Waals surface area contributed by atoms with E-state index in [-0.39, 0.29) is 6.04 Å². The van der Waals surface area contributed by atoms with Crippen LogP contribution >= 0.6 is 0 Å². The van der Waals surface area contributed by atoms with Crippen molar-refractivity contribution in [2.75, 3.05) is 7.11 Å². The molecule has 0 fully saturated rings. The van der Waals surface area contributed by atoms with Crippen molar-refractivity contribution in [1.82, 2.24) is 10.4 Å². The zero-order chi connectivity index (χ0) is 11.1. The zero-order valence-electron chi connectivity index (χ0n) is 8.95. The zero-order valence-corrected chi connectivity index (χ0v) is 8.95. The van der Waals surface area contributed by atoms with Crippen LogP contribution in [0, 0.1) is 11.8 Å². The summed E-state index contributed by atoms with van der Waals surface area (Å²) in [5.41, 5.74) is 3.63. The molecule has 1 unspecified atom stereocenters. The Morgan fingerprint density at radius 3 is 3.07 bits per heavy atom. The lowest BCUT2D eigenvalue weighted by atomic mass is 10.1. The Morgan fingerprint density at radius 1 is 1.67 bits per heavy atom. The second-order valence-corrected chi connectivity index (χ2v) is 2.95. The maximum atomic E-state index is 5.47. The number of nitrogens with zero attached hydrogens (tertiary/aromatic N) is 1. The maximum Gasteiger partial charge on any atom is 0.217 e. The number of methoxy groups -OCH3 is 1. The van der Waals surface area contributed by atoms with Gasteiger partial charge in [0.25, 0.3) is 0 Å². The highest BCUT2D eigenvalue weighted by molar-refractivity contribution is 5.29. The molecule has 0 aliphatic carbocycles. The standard InChI is InChI=1S/C11H15N3O/c1-3-4-7-10(14-12)9-6-5-8-13-11(9)15-2/h5-6,8,10,14H,7,12H2,1-2H3. The molecule has 0 spiro atoms. The minimum Gasteiger partial charge on any atom is -0.481 e. The van der Waals surface area contributed by atoms with Crippen LogP contribution in [0.5, 0.6) is 5.88 Å². The SMILES string of the molecule is CC#CCC(NN)c1cccnc1OC. The summed E-state index contributed by atoms with van der Waals surface area (Å²) < 4.78 is 5.15. The lowest BCUT2D eigenvalue weighted by Crippen LogP contribution is -2.28. The van der Waals surface area contributed by atoms with E-state index >= 15 is 0 Å². The van der Waals surface area contributed by atoms with Crippen molar-refractivity contribution >= 4 is 0 Å². The number of hydrogen-bond donors (Lipinski definition) is 2. The Balaban J connectivity index is 2.93. The van der Waals surface area contributed by atoms with E-state index in [1.54, 1.807) is 20.2 Å². The summed E-state index contributed by atoms with van der Waals surface area (Å²) in [4.78, 5) is 4.11. The topological polar surface area (TPSA) is 60.2 Å². The van der Waals surface area contributed by atoms with E-state index in [2.05, 4.69) is 22.3 Å². The van der Waals surface area contributed by atoms with E-state index < -0.39 is 0 Å². The molecule has 0 amide bonds. The lowest BCUT2D eigenvalue weighted by Gasteiger charge is -2.15. The summed E-state index contributed by atoms with van der Waals surface area (Å²) in [5.74, 6) is 11.9. The van der Waals surface area contributed by atoms with E-state index in [4.69, 9.17) is 10.6 Å². The Bertz CT molecular complexity index is 368. The van der Waals surface area contributed by atoms with Gasteiger partial charge >= 0.3 is 0 Å². The first-order valence-corrected chi connectivity index (χ1v) is 4.68. The van der Waals surface area contributed by atoms with Gasteiger partial charge in [-0.1, -0.05) is 6.07 Å². The molecule has 15 heavy (non-hydrogen) atoms. The Hall–Kier alpha value is -1.57. The van der Waals surface area contributed by atoms with Gasteiger partial charge in [-0.25, -0.2) is 4.98 Å². The van der Waals surface area contributed by atoms with E-state index in [9.17, 15) is 0 Å².